The van der Waals surface area contributed by atoms with Crippen LogP contribution in [-0.2, 0) is 0 Å². The fourth-order valence-corrected chi connectivity index (χ4v) is 2.45. The standard InChI is InChI=1S/C20H27N3O/c1-13(10-11-21-7)22-16(4)17(5)23-18(6)20-9-8-19(12-24)14(2)15(20)3/h8-12,18,23H,5H2,1-4,6-7H3/b13-10+,21-11?,22-16?. The molecule has 1 rings (SSSR count). The molecular weight excluding hydrogens is 298 g/mol. The fraction of sp³-hybridized carbons (Fsp3) is 0.350. The molecule has 1 N–H and O–H groups in total. The number of allylic oxidation sites excluding steroid dienone is 3. The number of hydrogen-bond acceptors (Lipinski definition) is 4. The Bertz CT molecular complexity index is 712. The molecule has 4 heteroatoms. The van der Waals surface area contributed by atoms with Gasteiger partial charge in [0.25, 0.3) is 0 Å². The lowest BCUT2D eigenvalue weighted by Gasteiger charge is -2.21. The first-order chi connectivity index (χ1) is 11.3. The van der Waals surface area contributed by atoms with Crippen LogP contribution in [0.2, 0.25) is 0 Å². The second-order valence-corrected chi connectivity index (χ2v) is 5.87. The SMILES string of the molecule is C=C(NC(C)c1ccc(C=O)c(C)c1C)C(C)=N/C(C)=C/C=NC. The Morgan fingerprint density at radius 2 is 1.92 bits per heavy atom. The maximum absolute atomic E-state index is 11.0. The van der Waals surface area contributed by atoms with E-state index in [0.717, 1.165) is 45.6 Å². The molecule has 1 aromatic carbocycles. The molecule has 0 saturated heterocycles. The van der Waals surface area contributed by atoms with Crippen molar-refractivity contribution in [2.45, 2.75) is 40.7 Å². The third kappa shape index (κ3) is 5.01. The van der Waals surface area contributed by atoms with Crippen molar-refractivity contribution in [3.8, 4) is 0 Å². The van der Waals surface area contributed by atoms with Crippen molar-refractivity contribution in [2.24, 2.45) is 9.98 Å². The zero-order valence-electron chi connectivity index (χ0n) is 15.5. The average Bonchev–Trinajstić information content (AvgIpc) is 2.55. The first-order valence-electron chi connectivity index (χ1n) is 7.97. The quantitative estimate of drug-likeness (QED) is 0.598. The lowest BCUT2D eigenvalue weighted by atomic mass is 9.94. The second-order valence-electron chi connectivity index (χ2n) is 5.87. The molecule has 0 radical (unpaired) electrons. The molecule has 0 bridgehead atoms. The number of hydrogen-bond donors (Lipinski definition) is 1. The van der Waals surface area contributed by atoms with Crippen molar-refractivity contribution in [1.29, 1.82) is 0 Å². The van der Waals surface area contributed by atoms with E-state index in [1.54, 1.807) is 13.3 Å². The highest BCUT2D eigenvalue weighted by Gasteiger charge is 2.13. The minimum Gasteiger partial charge on any atom is -0.378 e. The predicted octanol–water partition coefficient (Wildman–Crippen LogP) is 4.35. The molecule has 0 fully saturated rings. The van der Waals surface area contributed by atoms with Gasteiger partial charge in [0.2, 0.25) is 0 Å². The van der Waals surface area contributed by atoms with Gasteiger partial charge in [0.15, 0.2) is 0 Å². The van der Waals surface area contributed by atoms with Gasteiger partial charge in [-0.25, -0.2) is 0 Å². The summed E-state index contributed by atoms with van der Waals surface area (Å²) < 4.78 is 0. The number of nitrogens with one attached hydrogen (secondary N) is 1. The molecule has 0 heterocycles. The smallest absolute Gasteiger partial charge is 0.150 e. The molecule has 0 amide bonds. The number of rotatable bonds is 7. The normalized spacial score (nSPS) is 13.9. The van der Waals surface area contributed by atoms with Gasteiger partial charge in [0.05, 0.1) is 5.71 Å². The number of nitrogens with zero attached hydrogens (tertiary/aromatic N) is 2. The van der Waals surface area contributed by atoms with Crippen molar-refractivity contribution in [3.05, 3.63) is 58.4 Å². The van der Waals surface area contributed by atoms with E-state index < -0.39 is 0 Å². The zero-order chi connectivity index (χ0) is 18.3. The van der Waals surface area contributed by atoms with Gasteiger partial charge < -0.3 is 5.32 Å². The summed E-state index contributed by atoms with van der Waals surface area (Å²) in [6.07, 6.45) is 4.46. The van der Waals surface area contributed by atoms with Crippen molar-refractivity contribution in [3.63, 3.8) is 0 Å². The van der Waals surface area contributed by atoms with E-state index in [0.29, 0.717) is 0 Å². The highest BCUT2D eigenvalue weighted by Crippen LogP contribution is 2.23. The molecule has 0 aliphatic carbocycles. The zero-order valence-corrected chi connectivity index (χ0v) is 15.5. The van der Waals surface area contributed by atoms with Crippen LogP contribution in [0, 0.1) is 13.8 Å². The van der Waals surface area contributed by atoms with Crippen LogP contribution < -0.4 is 5.32 Å². The van der Waals surface area contributed by atoms with Crippen LogP contribution in [0.1, 0.15) is 53.9 Å². The molecule has 1 atom stereocenters. The summed E-state index contributed by atoms with van der Waals surface area (Å²) in [5, 5.41) is 3.39. The molecule has 0 spiro atoms. The van der Waals surface area contributed by atoms with Crippen molar-refractivity contribution >= 4 is 18.2 Å². The maximum atomic E-state index is 11.0. The minimum absolute atomic E-state index is 0.0727. The highest BCUT2D eigenvalue weighted by molar-refractivity contribution is 5.98. The average molecular weight is 325 g/mol. The fourth-order valence-electron chi connectivity index (χ4n) is 2.45. The van der Waals surface area contributed by atoms with Crippen LogP contribution >= 0.6 is 0 Å². The predicted molar refractivity (Wildman–Crippen MR) is 103 cm³/mol. The topological polar surface area (TPSA) is 53.8 Å². The Morgan fingerprint density at radius 1 is 1.25 bits per heavy atom. The van der Waals surface area contributed by atoms with Crippen LogP contribution in [0.15, 0.2) is 46.2 Å². The monoisotopic (exact) mass is 325 g/mol. The van der Waals surface area contributed by atoms with E-state index in [1.165, 1.54) is 0 Å². The Kier molecular flexibility index (Phi) is 7.31. The van der Waals surface area contributed by atoms with Crippen molar-refractivity contribution < 1.29 is 4.79 Å². The van der Waals surface area contributed by atoms with Gasteiger partial charge in [0.1, 0.15) is 6.29 Å². The van der Waals surface area contributed by atoms with Crippen molar-refractivity contribution in [2.75, 3.05) is 7.05 Å². The number of aldehydes is 1. The third-order valence-corrected chi connectivity index (χ3v) is 4.10. The van der Waals surface area contributed by atoms with E-state index in [-0.39, 0.29) is 6.04 Å². The molecule has 128 valence electrons. The summed E-state index contributed by atoms with van der Waals surface area (Å²) in [5.41, 5.74) is 6.51. The first-order valence-corrected chi connectivity index (χ1v) is 7.97. The van der Waals surface area contributed by atoms with E-state index in [2.05, 4.69) is 28.8 Å². The Balaban J connectivity index is 2.93. The molecule has 0 aliphatic heterocycles. The van der Waals surface area contributed by atoms with Gasteiger partial charge in [-0.2, -0.15) is 0 Å². The summed E-state index contributed by atoms with van der Waals surface area (Å²) in [6, 6.07) is 3.93. The summed E-state index contributed by atoms with van der Waals surface area (Å²) >= 11 is 0. The van der Waals surface area contributed by atoms with Crippen LogP contribution in [0.5, 0.6) is 0 Å². The van der Waals surface area contributed by atoms with Crippen LogP contribution in [0.4, 0.5) is 0 Å². The van der Waals surface area contributed by atoms with E-state index >= 15 is 0 Å². The molecule has 1 aromatic rings. The van der Waals surface area contributed by atoms with Crippen LogP contribution in [0.3, 0.4) is 0 Å². The van der Waals surface area contributed by atoms with Gasteiger partial charge >= 0.3 is 0 Å². The van der Waals surface area contributed by atoms with Crippen molar-refractivity contribution in [1.82, 2.24) is 5.32 Å². The van der Waals surface area contributed by atoms with Gasteiger partial charge in [-0.3, -0.25) is 14.8 Å². The molecule has 0 aliphatic rings. The number of aliphatic imine (C=N–C) groups is 2. The van der Waals surface area contributed by atoms with Crippen LogP contribution in [-0.4, -0.2) is 25.3 Å². The summed E-state index contributed by atoms with van der Waals surface area (Å²) in [4.78, 5) is 19.5. The van der Waals surface area contributed by atoms with Gasteiger partial charge in [0, 0.05) is 36.3 Å². The van der Waals surface area contributed by atoms with Crippen LogP contribution in [0.25, 0.3) is 0 Å². The Morgan fingerprint density at radius 3 is 2.50 bits per heavy atom. The number of benzene rings is 1. The molecule has 4 nitrogen and oxygen atoms in total. The Hall–Kier alpha value is -2.49. The largest absolute Gasteiger partial charge is 0.378 e. The van der Waals surface area contributed by atoms with E-state index in [1.807, 2.05) is 45.9 Å². The minimum atomic E-state index is 0.0727. The second kappa shape index (κ2) is 8.96. The molecule has 1 unspecified atom stereocenters. The summed E-state index contributed by atoms with van der Waals surface area (Å²) in [5.74, 6) is 0. The lowest BCUT2D eigenvalue weighted by Crippen LogP contribution is -2.22. The molecule has 0 saturated carbocycles. The van der Waals surface area contributed by atoms with E-state index in [9.17, 15) is 4.79 Å². The van der Waals surface area contributed by atoms with E-state index in [4.69, 9.17) is 0 Å². The third-order valence-electron chi connectivity index (χ3n) is 4.10. The summed E-state index contributed by atoms with van der Waals surface area (Å²) in [7, 11) is 1.72. The first kappa shape index (κ1) is 19.6. The summed E-state index contributed by atoms with van der Waals surface area (Å²) in [6.45, 7) is 14.0. The highest BCUT2D eigenvalue weighted by atomic mass is 16.1. The van der Waals surface area contributed by atoms with Gasteiger partial charge in [-0.05, 0) is 57.4 Å². The number of carbonyl (C=O) groups is 1. The lowest BCUT2D eigenvalue weighted by molar-refractivity contribution is 0.112. The maximum Gasteiger partial charge on any atom is 0.150 e. The van der Waals surface area contributed by atoms with Gasteiger partial charge in [-0.1, -0.05) is 18.7 Å². The number of carbonyl (C=O) groups excluding carboxylic acids is 1. The Labute approximate surface area is 145 Å². The molecular formula is C20H27N3O. The van der Waals surface area contributed by atoms with Gasteiger partial charge in [-0.15, -0.1) is 0 Å². The molecule has 24 heavy (non-hydrogen) atoms. The molecule has 0 aromatic heterocycles.